The third kappa shape index (κ3) is 3.14. The fraction of sp³-hybridized carbons (Fsp3) is 0.350. The third-order valence-corrected chi connectivity index (χ3v) is 4.52. The predicted molar refractivity (Wildman–Crippen MR) is 96.6 cm³/mol. The molecule has 0 unspecified atom stereocenters. The molecule has 1 heterocycles. The third-order valence-electron chi connectivity index (χ3n) is 4.52. The van der Waals surface area contributed by atoms with E-state index in [0.29, 0.717) is 42.1 Å². The number of fused-ring (bicyclic) bond motifs is 1. The van der Waals surface area contributed by atoms with Crippen LogP contribution in [-0.2, 0) is 6.42 Å². The number of carboxylic acids is 1. The average Bonchev–Trinajstić information content (AvgIpc) is 2.54. The van der Waals surface area contributed by atoms with E-state index in [2.05, 4.69) is 0 Å². The first kappa shape index (κ1) is 17.9. The zero-order valence-corrected chi connectivity index (χ0v) is 15.0. The van der Waals surface area contributed by atoms with Crippen molar-refractivity contribution >= 4 is 11.8 Å². The Morgan fingerprint density at radius 3 is 2.42 bits per heavy atom. The van der Waals surface area contributed by atoms with Gasteiger partial charge in [0.15, 0.2) is 5.78 Å². The molecule has 1 aliphatic rings. The van der Waals surface area contributed by atoms with Crippen molar-refractivity contribution in [3.05, 3.63) is 57.5 Å². The number of hydrogen-bond acceptors (Lipinski definition) is 4. The molecule has 0 spiro atoms. The molecule has 136 valence electrons. The maximum Gasteiger partial charge on any atom is 0.341 e. The van der Waals surface area contributed by atoms with Crippen LogP contribution in [0, 0.1) is 5.41 Å². The van der Waals surface area contributed by atoms with Crippen molar-refractivity contribution in [3.63, 3.8) is 0 Å². The van der Waals surface area contributed by atoms with Crippen LogP contribution in [0.3, 0.4) is 0 Å². The molecule has 0 amide bonds. The van der Waals surface area contributed by atoms with Gasteiger partial charge in [-0.2, -0.15) is 0 Å². The Morgan fingerprint density at radius 2 is 1.85 bits per heavy atom. The molecule has 2 aromatic rings. The minimum Gasteiger partial charge on any atom is -0.494 e. The van der Waals surface area contributed by atoms with Crippen molar-refractivity contribution in [2.24, 2.45) is 5.41 Å². The van der Waals surface area contributed by atoms with Crippen molar-refractivity contribution < 1.29 is 19.4 Å². The number of Topliss-reactive ketones (excluding diaryl/α,β-unsaturated/α-hetero) is 1. The number of nitrogens with zero attached hydrogens (tertiary/aromatic N) is 1. The predicted octanol–water partition coefficient (Wildman–Crippen LogP) is 3.09. The van der Waals surface area contributed by atoms with Crippen LogP contribution in [-0.4, -0.2) is 28.0 Å². The number of hydrogen-bond donors (Lipinski definition) is 1. The Hall–Kier alpha value is -2.89. The van der Waals surface area contributed by atoms with Crippen molar-refractivity contribution in [2.45, 2.75) is 33.6 Å². The largest absolute Gasteiger partial charge is 0.494 e. The van der Waals surface area contributed by atoms with Gasteiger partial charge in [-0.3, -0.25) is 14.2 Å². The molecule has 0 fully saturated rings. The topological polar surface area (TPSA) is 85.6 Å². The van der Waals surface area contributed by atoms with Gasteiger partial charge in [0.25, 0.3) is 5.56 Å². The second-order valence-corrected chi connectivity index (χ2v) is 7.23. The van der Waals surface area contributed by atoms with Crippen molar-refractivity contribution in [1.82, 2.24) is 4.57 Å². The fourth-order valence-corrected chi connectivity index (χ4v) is 3.40. The second kappa shape index (κ2) is 6.44. The molecule has 1 aliphatic carbocycles. The summed E-state index contributed by atoms with van der Waals surface area (Å²) >= 11 is 0. The van der Waals surface area contributed by atoms with Gasteiger partial charge in [0.2, 0.25) is 0 Å². The highest BCUT2D eigenvalue weighted by atomic mass is 16.5. The van der Waals surface area contributed by atoms with E-state index in [1.54, 1.807) is 24.3 Å². The molecular formula is C20H21NO5. The number of rotatable bonds is 4. The first-order valence-corrected chi connectivity index (χ1v) is 8.52. The summed E-state index contributed by atoms with van der Waals surface area (Å²) in [6, 6.07) is 8.07. The number of ether oxygens (including phenoxy) is 1. The Morgan fingerprint density at radius 1 is 1.19 bits per heavy atom. The summed E-state index contributed by atoms with van der Waals surface area (Å²) in [6.45, 7) is 6.32. The highest BCUT2D eigenvalue weighted by molar-refractivity contribution is 6.01. The summed E-state index contributed by atoms with van der Waals surface area (Å²) in [5.74, 6) is -0.822. The molecule has 6 heteroatoms. The molecule has 1 aromatic carbocycles. The van der Waals surface area contributed by atoms with E-state index < -0.39 is 17.1 Å². The van der Waals surface area contributed by atoms with Gasteiger partial charge in [-0.1, -0.05) is 13.8 Å². The van der Waals surface area contributed by atoms with Crippen molar-refractivity contribution in [3.8, 4) is 11.4 Å². The maximum atomic E-state index is 12.9. The number of aromatic nitrogens is 1. The van der Waals surface area contributed by atoms with Crippen LogP contribution in [0.25, 0.3) is 5.69 Å². The molecule has 26 heavy (non-hydrogen) atoms. The molecule has 0 radical (unpaired) electrons. The lowest BCUT2D eigenvalue weighted by molar-refractivity contribution is 0.0694. The smallest absolute Gasteiger partial charge is 0.341 e. The fourth-order valence-electron chi connectivity index (χ4n) is 3.40. The van der Waals surface area contributed by atoms with Gasteiger partial charge >= 0.3 is 5.97 Å². The van der Waals surface area contributed by atoms with Crippen LogP contribution in [0.1, 0.15) is 53.6 Å². The van der Waals surface area contributed by atoms with Gasteiger partial charge in [-0.25, -0.2) is 4.79 Å². The Balaban J connectivity index is 2.27. The van der Waals surface area contributed by atoms with E-state index in [4.69, 9.17) is 4.74 Å². The van der Waals surface area contributed by atoms with Crippen molar-refractivity contribution in [2.75, 3.05) is 6.61 Å². The van der Waals surface area contributed by atoms with E-state index in [1.807, 2.05) is 20.8 Å². The van der Waals surface area contributed by atoms with E-state index in [9.17, 15) is 19.5 Å². The molecule has 1 aromatic heterocycles. The number of aromatic carboxylic acids is 1. The average molecular weight is 355 g/mol. The van der Waals surface area contributed by atoms with Gasteiger partial charge in [0.05, 0.1) is 6.61 Å². The van der Waals surface area contributed by atoms with E-state index in [-0.39, 0.29) is 11.2 Å². The minimum absolute atomic E-state index is 0.140. The first-order chi connectivity index (χ1) is 12.2. The number of pyridine rings is 1. The molecular weight excluding hydrogens is 334 g/mol. The van der Waals surface area contributed by atoms with Gasteiger partial charge in [-0.15, -0.1) is 0 Å². The van der Waals surface area contributed by atoms with Crippen molar-refractivity contribution in [1.29, 1.82) is 0 Å². The summed E-state index contributed by atoms with van der Waals surface area (Å²) in [4.78, 5) is 37.0. The standard InChI is InChI=1S/C20H21NO5/c1-4-26-13-7-5-12(6-8-13)21-16-10-20(2,3)11-17(22)14(16)9-15(18(21)23)19(24)25/h5-9H,4,10-11H2,1-3H3,(H,24,25). The van der Waals surface area contributed by atoms with Crippen LogP contribution in [0.15, 0.2) is 35.1 Å². The summed E-state index contributed by atoms with van der Waals surface area (Å²) in [5, 5.41) is 9.40. The zero-order valence-electron chi connectivity index (χ0n) is 15.0. The van der Waals surface area contributed by atoms with Crippen LogP contribution in [0.2, 0.25) is 0 Å². The number of ketones is 1. The van der Waals surface area contributed by atoms with Gasteiger partial charge in [-0.05, 0) is 49.1 Å². The highest BCUT2D eigenvalue weighted by Crippen LogP contribution is 2.35. The lowest BCUT2D eigenvalue weighted by atomic mass is 9.75. The molecule has 1 N–H and O–H groups in total. The molecule has 0 aliphatic heterocycles. The first-order valence-electron chi connectivity index (χ1n) is 8.52. The molecule has 0 saturated heterocycles. The molecule has 0 bridgehead atoms. The van der Waals surface area contributed by atoms with E-state index in [1.165, 1.54) is 10.6 Å². The number of carboxylic acid groups (broad SMARTS) is 1. The minimum atomic E-state index is -1.34. The lowest BCUT2D eigenvalue weighted by Crippen LogP contribution is -2.36. The lowest BCUT2D eigenvalue weighted by Gasteiger charge is -2.32. The molecule has 0 saturated carbocycles. The van der Waals surface area contributed by atoms with Gasteiger partial charge in [0, 0.05) is 23.4 Å². The summed E-state index contributed by atoms with van der Waals surface area (Å²) in [6.07, 6.45) is 0.830. The second-order valence-electron chi connectivity index (χ2n) is 7.23. The number of carbonyl (C=O) groups excluding carboxylic acids is 1. The number of carbonyl (C=O) groups is 2. The summed E-state index contributed by atoms with van der Waals surface area (Å²) in [7, 11) is 0. The van der Waals surface area contributed by atoms with Crippen LogP contribution in [0.5, 0.6) is 5.75 Å². The maximum absolute atomic E-state index is 12.9. The van der Waals surface area contributed by atoms with E-state index >= 15 is 0 Å². The molecule has 6 nitrogen and oxygen atoms in total. The summed E-state index contributed by atoms with van der Waals surface area (Å²) in [5.41, 5.74) is 0.0643. The van der Waals surface area contributed by atoms with Crippen LogP contribution in [0.4, 0.5) is 0 Å². The highest BCUT2D eigenvalue weighted by Gasteiger charge is 2.35. The molecule has 0 atom stereocenters. The number of benzene rings is 1. The normalized spacial score (nSPS) is 15.4. The quantitative estimate of drug-likeness (QED) is 0.911. The Labute approximate surface area is 151 Å². The van der Waals surface area contributed by atoms with E-state index in [0.717, 1.165) is 0 Å². The van der Waals surface area contributed by atoms with Crippen LogP contribution >= 0.6 is 0 Å². The Kier molecular flexibility index (Phi) is 4.44. The molecule has 3 rings (SSSR count). The Bertz CT molecular complexity index is 938. The van der Waals surface area contributed by atoms with Crippen LogP contribution < -0.4 is 10.3 Å². The SMILES string of the molecule is CCOc1ccc(-n2c3c(cc(C(=O)O)c2=O)C(=O)CC(C)(C)C3)cc1. The van der Waals surface area contributed by atoms with Gasteiger partial charge < -0.3 is 9.84 Å². The zero-order chi connectivity index (χ0) is 19.1. The van der Waals surface area contributed by atoms with Gasteiger partial charge in [0.1, 0.15) is 11.3 Å². The monoisotopic (exact) mass is 355 g/mol. The summed E-state index contributed by atoms with van der Waals surface area (Å²) < 4.78 is 6.77.